The van der Waals surface area contributed by atoms with Gasteiger partial charge in [-0.05, 0) is 19.4 Å². The predicted octanol–water partition coefficient (Wildman–Crippen LogP) is 1.24. The Kier molecular flexibility index (Phi) is 3.34. The average molecular weight is 182 g/mol. The van der Waals surface area contributed by atoms with Gasteiger partial charge in [0, 0.05) is 12.6 Å². The van der Waals surface area contributed by atoms with Crippen LogP contribution in [0.2, 0.25) is 0 Å². The maximum absolute atomic E-state index is 11.7. The standard InChI is InChI=1S/C7H13F3N2/c8-7(9,10)12-5-6-3-1-2-4-11-6/h6,11-12H,1-5H2/t6-/m1/s1. The Balaban J connectivity index is 2.13. The van der Waals surface area contributed by atoms with Gasteiger partial charge < -0.3 is 5.32 Å². The summed E-state index contributed by atoms with van der Waals surface area (Å²) in [5.74, 6) is 0. The lowest BCUT2D eigenvalue weighted by Gasteiger charge is -2.24. The molecule has 1 saturated heterocycles. The summed E-state index contributed by atoms with van der Waals surface area (Å²) in [4.78, 5) is 0. The van der Waals surface area contributed by atoms with E-state index in [1.807, 2.05) is 0 Å². The van der Waals surface area contributed by atoms with Gasteiger partial charge in [0.2, 0.25) is 0 Å². The molecule has 1 aliphatic heterocycles. The molecule has 72 valence electrons. The molecule has 0 spiro atoms. The van der Waals surface area contributed by atoms with E-state index in [9.17, 15) is 13.2 Å². The SMILES string of the molecule is FC(F)(F)NC[C@H]1CCCCN1. The van der Waals surface area contributed by atoms with E-state index in [0.717, 1.165) is 25.8 Å². The van der Waals surface area contributed by atoms with Crippen LogP contribution in [0.25, 0.3) is 0 Å². The van der Waals surface area contributed by atoms with Gasteiger partial charge in [-0.15, -0.1) is 0 Å². The summed E-state index contributed by atoms with van der Waals surface area (Å²) in [5.41, 5.74) is 0. The Hall–Kier alpha value is -0.290. The Morgan fingerprint density at radius 2 is 2.08 bits per heavy atom. The van der Waals surface area contributed by atoms with Crippen LogP contribution in [0.15, 0.2) is 0 Å². The van der Waals surface area contributed by atoms with E-state index in [-0.39, 0.29) is 12.6 Å². The van der Waals surface area contributed by atoms with E-state index in [2.05, 4.69) is 5.32 Å². The Bertz CT molecular complexity index is 129. The van der Waals surface area contributed by atoms with Crippen molar-refractivity contribution in [1.29, 1.82) is 0 Å². The first-order chi connectivity index (χ1) is 5.58. The van der Waals surface area contributed by atoms with Crippen LogP contribution in [0.1, 0.15) is 19.3 Å². The first-order valence-corrected chi connectivity index (χ1v) is 4.13. The molecule has 0 aromatic heterocycles. The second-order valence-electron chi connectivity index (χ2n) is 3.03. The minimum absolute atomic E-state index is 0.0104. The summed E-state index contributed by atoms with van der Waals surface area (Å²) >= 11 is 0. The molecular formula is C7H13F3N2. The first-order valence-electron chi connectivity index (χ1n) is 4.13. The molecule has 0 unspecified atom stereocenters. The van der Waals surface area contributed by atoms with Gasteiger partial charge in [0.25, 0.3) is 0 Å². The summed E-state index contributed by atoms with van der Waals surface area (Å²) in [6, 6.07) is -0.0135. The van der Waals surface area contributed by atoms with E-state index in [4.69, 9.17) is 0 Å². The lowest BCUT2D eigenvalue weighted by Crippen LogP contribution is -2.45. The van der Waals surface area contributed by atoms with Crippen molar-refractivity contribution in [1.82, 2.24) is 10.6 Å². The van der Waals surface area contributed by atoms with Crippen LogP contribution in [0, 0.1) is 0 Å². The van der Waals surface area contributed by atoms with E-state index in [0.29, 0.717) is 0 Å². The third kappa shape index (κ3) is 3.92. The number of nitrogens with one attached hydrogen (secondary N) is 2. The van der Waals surface area contributed by atoms with Gasteiger partial charge in [-0.1, -0.05) is 6.42 Å². The van der Waals surface area contributed by atoms with Crippen LogP contribution < -0.4 is 10.6 Å². The Morgan fingerprint density at radius 3 is 2.58 bits per heavy atom. The number of hydrogen-bond donors (Lipinski definition) is 2. The van der Waals surface area contributed by atoms with Gasteiger partial charge in [-0.25, -0.2) is 5.32 Å². The van der Waals surface area contributed by atoms with Crippen molar-refractivity contribution in [3.63, 3.8) is 0 Å². The van der Waals surface area contributed by atoms with E-state index >= 15 is 0 Å². The number of rotatable bonds is 2. The lowest BCUT2D eigenvalue weighted by molar-refractivity contribution is -0.157. The topological polar surface area (TPSA) is 24.1 Å². The van der Waals surface area contributed by atoms with Gasteiger partial charge >= 0.3 is 6.30 Å². The summed E-state index contributed by atoms with van der Waals surface area (Å²) in [6.45, 7) is 0.827. The molecule has 0 amide bonds. The molecular weight excluding hydrogens is 169 g/mol. The second-order valence-corrected chi connectivity index (χ2v) is 3.03. The fraction of sp³-hybridized carbons (Fsp3) is 1.00. The van der Waals surface area contributed by atoms with Crippen molar-refractivity contribution in [2.75, 3.05) is 13.1 Å². The molecule has 5 heteroatoms. The summed E-state index contributed by atoms with van der Waals surface area (Å²) in [6.07, 6.45) is -1.30. The van der Waals surface area contributed by atoms with Gasteiger partial charge in [0.1, 0.15) is 0 Å². The molecule has 0 radical (unpaired) electrons. The molecule has 0 aromatic rings. The van der Waals surface area contributed by atoms with E-state index < -0.39 is 6.30 Å². The minimum Gasteiger partial charge on any atom is -0.313 e. The van der Waals surface area contributed by atoms with Crippen molar-refractivity contribution in [2.24, 2.45) is 0 Å². The minimum atomic E-state index is -4.24. The largest absolute Gasteiger partial charge is 0.457 e. The molecule has 1 atom stereocenters. The first kappa shape index (κ1) is 9.80. The number of alkyl halides is 3. The highest BCUT2D eigenvalue weighted by atomic mass is 19.4. The molecule has 1 aliphatic rings. The summed E-state index contributed by atoms with van der Waals surface area (Å²) in [7, 11) is 0. The van der Waals surface area contributed by atoms with Gasteiger partial charge in [0.15, 0.2) is 0 Å². The maximum Gasteiger partial charge on any atom is 0.457 e. The zero-order chi connectivity index (χ0) is 9.03. The van der Waals surface area contributed by atoms with Gasteiger partial charge in [-0.2, -0.15) is 13.2 Å². The zero-order valence-electron chi connectivity index (χ0n) is 6.75. The third-order valence-corrected chi connectivity index (χ3v) is 1.96. The summed E-state index contributed by atoms with van der Waals surface area (Å²) < 4.78 is 35.0. The molecule has 1 rings (SSSR count). The average Bonchev–Trinajstić information content (AvgIpc) is 2.02. The molecule has 2 N–H and O–H groups in total. The number of piperidine rings is 1. The van der Waals surface area contributed by atoms with Crippen molar-refractivity contribution in [3.8, 4) is 0 Å². The van der Waals surface area contributed by atoms with E-state index in [1.165, 1.54) is 5.32 Å². The van der Waals surface area contributed by atoms with Gasteiger partial charge in [0.05, 0.1) is 0 Å². The molecule has 1 heterocycles. The highest BCUT2D eigenvalue weighted by Gasteiger charge is 2.27. The van der Waals surface area contributed by atoms with Crippen LogP contribution in [0.4, 0.5) is 13.2 Å². The molecule has 12 heavy (non-hydrogen) atoms. The molecule has 0 aromatic carbocycles. The van der Waals surface area contributed by atoms with Crippen LogP contribution in [0.5, 0.6) is 0 Å². The highest BCUT2D eigenvalue weighted by molar-refractivity contribution is 4.74. The molecule has 0 aliphatic carbocycles. The van der Waals surface area contributed by atoms with Crippen molar-refractivity contribution < 1.29 is 13.2 Å². The third-order valence-electron chi connectivity index (χ3n) is 1.96. The zero-order valence-corrected chi connectivity index (χ0v) is 6.75. The lowest BCUT2D eigenvalue weighted by atomic mass is 10.1. The number of halogens is 3. The fourth-order valence-electron chi connectivity index (χ4n) is 1.34. The normalized spacial score (nSPS) is 25.8. The molecule has 0 saturated carbocycles. The quantitative estimate of drug-likeness (QED) is 0.628. The smallest absolute Gasteiger partial charge is 0.313 e. The van der Waals surface area contributed by atoms with Crippen LogP contribution in [-0.4, -0.2) is 25.4 Å². The maximum atomic E-state index is 11.7. The van der Waals surface area contributed by atoms with Crippen LogP contribution >= 0.6 is 0 Å². The van der Waals surface area contributed by atoms with E-state index in [1.54, 1.807) is 0 Å². The fourth-order valence-corrected chi connectivity index (χ4v) is 1.34. The molecule has 0 bridgehead atoms. The summed E-state index contributed by atoms with van der Waals surface area (Å²) in [5, 5.41) is 4.56. The van der Waals surface area contributed by atoms with Crippen LogP contribution in [-0.2, 0) is 0 Å². The van der Waals surface area contributed by atoms with Crippen molar-refractivity contribution in [3.05, 3.63) is 0 Å². The Labute approximate surface area is 69.5 Å². The highest BCUT2D eigenvalue weighted by Crippen LogP contribution is 2.11. The van der Waals surface area contributed by atoms with Crippen molar-refractivity contribution >= 4 is 0 Å². The molecule has 2 nitrogen and oxygen atoms in total. The van der Waals surface area contributed by atoms with Crippen LogP contribution in [0.3, 0.4) is 0 Å². The molecule has 1 fully saturated rings. The van der Waals surface area contributed by atoms with Crippen molar-refractivity contribution in [2.45, 2.75) is 31.6 Å². The second kappa shape index (κ2) is 4.09. The predicted molar refractivity (Wildman–Crippen MR) is 39.7 cm³/mol. The number of hydrogen-bond acceptors (Lipinski definition) is 2. The Morgan fingerprint density at radius 1 is 1.33 bits per heavy atom. The monoisotopic (exact) mass is 182 g/mol. The van der Waals surface area contributed by atoms with Gasteiger partial charge in [-0.3, -0.25) is 0 Å².